The lowest BCUT2D eigenvalue weighted by Gasteiger charge is -2.17. The molecule has 1 unspecified atom stereocenters. The van der Waals surface area contributed by atoms with Crippen molar-refractivity contribution in [1.82, 2.24) is 5.32 Å². The summed E-state index contributed by atoms with van der Waals surface area (Å²) >= 11 is 0. The zero-order valence-electron chi connectivity index (χ0n) is 12.5. The minimum absolute atomic E-state index is 0.219. The molecular formula is C16H25NO3. The summed E-state index contributed by atoms with van der Waals surface area (Å²) in [5.74, 6) is 1.63. The molecule has 1 heterocycles. The van der Waals surface area contributed by atoms with Crippen LogP contribution in [0.25, 0.3) is 0 Å². The third kappa shape index (κ3) is 4.12. The molecule has 2 rings (SSSR count). The van der Waals surface area contributed by atoms with Gasteiger partial charge in [0.1, 0.15) is 6.61 Å². The van der Waals surface area contributed by atoms with Gasteiger partial charge in [-0.15, -0.1) is 0 Å². The van der Waals surface area contributed by atoms with Crippen LogP contribution in [0.4, 0.5) is 0 Å². The van der Waals surface area contributed by atoms with E-state index >= 15 is 0 Å². The fourth-order valence-electron chi connectivity index (χ4n) is 2.38. The van der Waals surface area contributed by atoms with Gasteiger partial charge in [0.05, 0.1) is 13.2 Å². The molecule has 1 aliphatic rings. The first-order valence-electron chi connectivity index (χ1n) is 7.46. The Labute approximate surface area is 121 Å². The normalized spacial score (nSPS) is 18.2. The fraction of sp³-hybridized carbons (Fsp3) is 0.625. The number of para-hydroxylation sites is 1. The lowest BCUT2D eigenvalue weighted by atomic mass is 10.1. The van der Waals surface area contributed by atoms with E-state index in [4.69, 9.17) is 14.2 Å². The zero-order chi connectivity index (χ0) is 14.2. The van der Waals surface area contributed by atoms with E-state index in [1.807, 2.05) is 12.1 Å². The summed E-state index contributed by atoms with van der Waals surface area (Å²) < 4.78 is 17.0. The highest BCUT2D eigenvalue weighted by atomic mass is 16.5. The highest BCUT2D eigenvalue weighted by Gasteiger charge is 2.18. The van der Waals surface area contributed by atoms with Crippen molar-refractivity contribution in [3.63, 3.8) is 0 Å². The molecule has 0 aliphatic carbocycles. The van der Waals surface area contributed by atoms with Crippen LogP contribution in [-0.4, -0.2) is 33.0 Å². The third-order valence-corrected chi connectivity index (χ3v) is 3.46. The summed E-state index contributed by atoms with van der Waals surface area (Å²) in [6.07, 6.45) is 3.55. The minimum Gasteiger partial charge on any atom is -0.493 e. The van der Waals surface area contributed by atoms with Crippen LogP contribution in [0.1, 0.15) is 31.7 Å². The molecule has 0 aromatic heterocycles. The van der Waals surface area contributed by atoms with Crippen molar-refractivity contribution < 1.29 is 14.2 Å². The first-order valence-corrected chi connectivity index (χ1v) is 7.46. The smallest absolute Gasteiger partial charge is 0.165 e. The molecule has 1 fully saturated rings. The van der Waals surface area contributed by atoms with E-state index in [0.29, 0.717) is 6.61 Å². The summed E-state index contributed by atoms with van der Waals surface area (Å²) in [5, 5.41) is 3.40. The third-order valence-electron chi connectivity index (χ3n) is 3.46. The van der Waals surface area contributed by atoms with Gasteiger partial charge in [0.25, 0.3) is 0 Å². The van der Waals surface area contributed by atoms with Gasteiger partial charge in [-0.05, 0) is 31.9 Å². The Kier molecular flexibility index (Phi) is 6.15. The van der Waals surface area contributed by atoms with Gasteiger partial charge < -0.3 is 19.5 Å². The van der Waals surface area contributed by atoms with Gasteiger partial charge in [0.2, 0.25) is 0 Å². The summed E-state index contributed by atoms with van der Waals surface area (Å²) in [5.41, 5.74) is 1.13. The van der Waals surface area contributed by atoms with Gasteiger partial charge in [-0.3, -0.25) is 0 Å². The Morgan fingerprint density at radius 2 is 2.30 bits per heavy atom. The van der Waals surface area contributed by atoms with Gasteiger partial charge in [-0.1, -0.05) is 19.1 Å². The molecule has 0 bridgehead atoms. The number of hydrogen-bond donors (Lipinski definition) is 1. The van der Waals surface area contributed by atoms with Gasteiger partial charge in [0, 0.05) is 18.7 Å². The molecular weight excluding hydrogens is 254 g/mol. The monoisotopic (exact) mass is 279 g/mol. The maximum atomic E-state index is 5.98. The van der Waals surface area contributed by atoms with Crippen molar-refractivity contribution in [3.05, 3.63) is 23.8 Å². The molecule has 0 radical (unpaired) electrons. The average molecular weight is 279 g/mol. The minimum atomic E-state index is 0.219. The van der Waals surface area contributed by atoms with Gasteiger partial charge in [0.15, 0.2) is 11.5 Å². The average Bonchev–Trinajstić information content (AvgIpc) is 2.99. The highest BCUT2D eigenvalue weighted by Crippen LogP contribution is 2.31. The van der Waals surface area contributed by atoms with Crippen molar-refractivity contribution in [1.29, 1.82) is 0 Å². The SMILES string of the molecule is CCCNCc1cccc(OC)c1OCC1CCCO1. The van der Waals surface area contributed by atoms with Crippen LogP contribution >= 0.6 is 0 Å². The quantitative estimate of drug-likeness (QED) is 0.743. The van der Waals surface area contributed by atoms with Crippen LogP contribution in [0.3, 0.4) is 0 Å². The molecule has 4 nitrogen and oxygen atoms in total. The van der Waals surface area contributed by atoms with Crippen molar-refractivity contribution in [2.75, 3.05) is 26.9 Å². The van der Waals surface area contributed by atoms with E-state index in [9.17, 15) is 0 Å². The van der Waals surface area contributed by atoms with Crippen LogP contribution in [0.15, 0.2) is 18.2 Å². The summed E-state index contributed by atoms with van der Waals surface area (Å²) in [7, 11) is 1.68. The second-order valence-electron chi connectivity index (χ2n) is 5.07. The van der Waals surface area contributed by atoms with Gasteiger partial charge >= 0.3 is 0 Å². The molecule has 1 N–H and O–H groups in total. The number of hydrogen-bond acceptors (Lipinski definition) is 4. The van der Waals surface area contributed by atoms with Crippen molar-refractivity contribution in [3.8, 4) is 11.5 Å². The number of nitrogens with one attached hydrogen (secondary N) is 1. The Morgan fingerprint density at radius 3 is 3.00 bits per heavy atom. The summed E-state index contributed by atoms with van der Waals surface area (Å²) in [6, 6.07) is 6.02. The van der Waals surface area contributed by atoms with E-state index in [2.05, 4.69) is 18.3 Å². The number of benzene rings is 1. The molecule has 1 aromatic carbocycles. The molecule has 0 amide bonds. The molecule has 0 saturated carbocycles. The van der Waals surface area contributed by atoms with Crippen molar-refractivity contribution >= 4 is 0 Å². The first-order chi connectivity index (χ1) is 9.85. The molecule has 1 atom stereocenters. The lowest BCUT2D eigenvalue weighted by Crippen LogP contribution is -2.19. The largest absolute Gasteiger partial charge is 0.493 e. The molecule has 0 spiro atoms. The maximum absolute atomic E-state index is 5.98. The van der Waals surface area contributed by atoms with Crippen LogP contribution in [0.2, 0.25) is 0 Å². The highest BCUT2D eigenvalue weighted by molar-refractivity contribution is 5.46. The Balaban J connectivity index is 2.01. The van der Waals surface area contributed by atoms with Crippen LogP contribution in [-0.2, 0) is 11.3 Å². The van der Waals surface area contributed by atoms with E-state index in [1.54, 1.807) is 7.11 Å². The zero-order valence-corrected chi connectivity index (χ0v) is 12.5. The van der Waals surface area contributed by atoms with Crippen molar-refractivity contribution in [2.24, 2.45) is 0 Å². The predicted octanol–water partition coefficient (Wildman–Crippen LogP) is 2.75. The molecule has 1 aliphatic heterocycles. The van der Waals surface area contributed by atoms with E-state index in [1.165, 1.54) is 0 Å². The molecule has 1 saturated heterocycles. The summed E-state index contributed by atoms with van der Waals surface area (Å²) in [6.45, 7) is 5.41. The number of methoxy groups -OCH3 is 1. The van der Waals surface area contributed by atoms with Crippen molar-refractivity contribution in [2.45, 2.75) is 38.8 Å². The molecule has 1 aromatic rings. The fourth-order valence-corrected chi connectivity index (χ4v) is 2.38. The topological polar surface area (TPSA) is 39.7 Å². The molecule has 4 heteroatoms. The van der Waals surface area contributed by atoms with Crippen LogP contribution < -0.4 is 14.8 Å². The molecule has 112 valence electrons. The van der Waals surface area contributed by atoms with Crippen LogP contribution in [0, 0.1) is 0 Å². The molecule has 20 heavy (non-hydrogen) atoms. The lowest BCUT2D eigenvalue weighted by molar-refractivity contribution is 0.0666. The van der Waals surface area contributed by atoms with E-state index < -0.39 is 0 Å². The number of rotatable bonds is 8. The first kappa shape index (κ1) is 15.1. The van der Waals surface area contributed by atoms with Crippen LogP contribution in [0.5, 0.6) is 11.5 Å². The number of ether oxygens (including phenoxy) is 3. The standard InChI is InChI=1S/C16H25NO3/c1-3-9-17-11-13-6-4-8-15(18-2)16(13)20-12-14-7-5-10-19-14/h4,6,8,14,17H,3,5,7,9-12H2,1-2H3. The maximum Gasteiger partial charge on any atom is 0.165 e. The second-order valence-corrected chi connectivity index (χ2v) is 5.07. The Bertz CT molecular complexity index is 403. The van der Waals surface area contributed by atoms with E-state index in [-0.39, 0.29) is 6.10 Å². The Morgan fingerprint density at radius 1 is 1.40 bits per heavy atom. The predicted molar refractivity (Wildman–Crippen MR) is 79.5 cm³/mol. The summed E-state index contributed by atoms with van der Waals surface area (Å²) in [4.78, 5) is 0. The van der Waals surface area contributed by atoms with Gasteiger partial charge in [-0.2, -0.15) is 0 Å². The van der Waals surface area contributed by atoms with Gasteiger partial charge in [-0.25, -0.2) is 0 Å². The van der Waals surface area contributed by atoms with E-state index in [0.717, 1.165) is 56.0 Å². The Hall–Kier alpha value is -1.26. The second kappa shape index (κ2) is 8.12.